The van der Waals surface area contributed by atoms with Gasteiger partial charge in [-0.05, 0) is 103 Å². The molecular formula is C62H105NO10. The summed E-state index contributed by atoms with van der Waals surface area (Å²) in [5.74, 6) is -1.27. The van der Waals surface area contributed by atoms with Crippen LogP contribution in [0.4, 0.5) is 0 Å². The number of rotatable bonds is 47. The van der Waals surface area contributed by atoms with Gasteiger partial charge in [0.15, 0.2) is 12.4 Å². The highest BCUT2D eigenvalue weighted by molar-refractivity contribution is 5.80. The van der Waals surface area contributed by atoms with E-state index in [1.165, 1.54) is 77.0 Å². The van der Waals surface area contributed by atoms with Gasteiger partial charge in [0.25, 0.3) is 0 Å². The summed E-state index contributed by atoms with van der Waals surface area (Å²) in [6.45, 7) is 5.60. The summed E-state index contributed by atoms with van der Waals surface area (Å²) in [6.07, 6.45) is 54.6. The molecule has 6 N–H and O–H groups in total. The minimum atomic E-state index is -1.64. The number of amides is 1. The van der Waals surface area contributed by atoms with Crippen LogP contribution in [0.3, 0.4) is 0 Å². The maximum Gasteiger partial charge on any atom is 0.306 e. The van der Waals surface area contributed by atoms with Gasteiger partial charge in [-0.3, -0.25) is 9.59 Å². The molecule has 0 bridgehead atoms. The number of ether oxygens (including phenoxy) is 3. The SMILES string of the molecule is CC/C=C\C/C=C\C/C=C\C/C=C\C/C=C\C/C=C\CCCCC(=O)OC1C(OCC(NC(=O)C(O)CCCC/C=C\CCCCCCCC)C(O)/C=C/CCCCCCCCCCC)OC(CO)C(O)C1O. The van der Waals surface area contributed by atoms with Crippen molar-refractivity contribution in [1.82, 2.24) is 5.32 Å². The molecule has 0 aromatic heterocycles. The van der Waals surface area contributed by atoms with Crippen molar-refractivity contribution in [2.24, 2.45) is 0 Å². The number of hydrogen-bond donors (Lipinski definition) is 6. The number of carbonyl (C=O) groups is 2. The number of carbonyl (C=O) groups excluding carboxylic acids is 2. The number of esters is 1. The van der Waals surface area contributed by atoms with Crippen molar-refractivity contribution in [3.05, 3.63) is 97.2 Å². The van der Waals surface area contributed by atoms with E-state index < -0.39 is 67.4 Å². The molecule has 0 aromatic carbocycles. The minimum Gasteiger partial charge on any atom is -0.454 e. The van der Waals surface area contributed by atoms with Gasteiger partial charge in [-0.2, -0.15) is 0 Å². The molecule has 0 radical (unpaired) electrons. The molecule has 1 rings (SSSR count). The van der Waals surface area contributed by atoms with Crippen LogP contribution in [0.15, 0.2) is 97.2 Å². The molecule has 1 saturated heterocycles. The lowest BCUT2D eigenvalue weighted by molar-refractivity contribution is -0.305. The largest absolute Gasteiger partial charge is 0.454 e. The lowest BCUT2D eigenvalue weighted by atomic mass is 9.99. The van der Waals surface area contributed by atoms with E-state index >= 15 is 0 Å². The molecule has 8 atom stereocenters. The number of unbranched alkanes of at least 4 members (excludes halogenated alkanes) is 19. The molecule has 0 aromatic rings. The number of nitrogens with one attached hydrogen (secondary N) is 1. The van der Waals surface area contributed by atoms with Gasteiger partial charge in [0.05, 0.1) is 25.4 Å². The van der Waals surface area contributed by atoms with Gasteiger partial charge in [0.2, 0.25) is 5.91 Å². The molecule has 1 aliphatic heterocycles. The van der Waals surface area contributed by atoms with E-state index in [1.54, 1.807) is 6.08 Å². The second-order valence-corrected chi connectivity index (χ2v) is 19.6. The molecule has 0 spiro atoms. The molecule has 0 aliphatic carbocycles. The van der Waals surface area contributed by atoms with E-state index in [0.29, 0.717) is 12.8 Å². The fourth-order valence-corrected chi connectivity index (χ4v) is 8.35. The molecule has 1 amide bonds. The first-order valence-electron chi connectivity index (χ1n) is 29.0. The zero-order valence-corrected chi connectivity index (χ0v) is 46.0. The van der Waals surface area contributed by atoms with E-state index in [9.17, 15) is 35.1 Å². The molecule has 1 aliphatic rings. The highest BCUT2D eigenvalue weighted by Crippen LogP contribution is 2.26. The van der Waals surface area contributed by atoms with Crippen molar-refractivity contribution >= 4 is 11.9 Å². The van der Waals surface area contributed by atoms with Crippen LogP contribution in [0, 0.1) is 0 Å². The number of aliphatic hydroxyl groups excluding tert-OH is 5. The van der Waals surface area contributed by atoms with Gasteiger partial charge in [-0.25, -0.2) is 0 Å². The maximum absolute atomic E-state index is 13.3. The Balaban J connectivity index is 2.73. The summed E-state index contributed by atoms with van der Waals surface area (Å²) >= 11 is 0. The van der Waals surface area contributed by atoms with Crippen LogP contribution >= 0.6 is 0 Å². The molecule has 1 fully saturated rings. The monoisotopic (exact) mass is 1020 g/mol. The van der Waals surface area contributed by atoms with Gasteiger partial charge < -0.3 is 45.1 Å². The van der Waals surface area contributed by atoms with Crippen LogP contribution in [-0.4, -0.2) is 99.6 Å². The Morgan fingerprint density at radius 1 is 0.548 bits per heavy atom. The molecule has 11 heteroatoms. The van der Waals surface area contributed by atoms with Crippen molar-refractivity contribution in [3.8, 4) is 0 Å². The predicted octanol–water partition coefficient (Wildman–Crippen LogP) is 13.2. The number of hydrogen-bond acceptors (Lipinski definition) is 10. The lowest BCUT2D eigenvalue weighted by Gasteiger charge is -2.41. The molecule has 8 unspecified atom stereocenters. The van der Waals surface area contributed by atoms with Crippen molar-refractivity contribution in [1.29, 1.82) is 0 Å². The van der Waals surface area contributed by atoms with Crippen molar-refractivity contribution in [3.63, 3.8) is 0 Å². The van der Waals surface area contributed by atoms with Crippen molar-refractivity contribution in [2.45, 2.75) is 269 Å². The van der Waals surface area contributed by atoms with Crippen LogP contribution in [0.1, 0.15) is 220 Å². The average molecular weight is 1020 g/mol. The highest BCUT2D eigenvalue weighted by atomic mass is 16.7. The van der Waals surface area contributed by atoms with E-state index in [1.807, 2.05) is 6.08 Å². The van der Waals surface area contributed by atoms with Crippen LogP contribution in [0.5, 0.6) is 0 Å². The quantitative estimate of drug-likeness (QED) is 0.0196. The maximum atomic E-state index is 13.3. The van der Waals surface area contributed by atoms with Gasteiger partial charge in [-0.1, -0.05) is 208 Å². The van der Waals surface area contributed by atoms with Gasteiger partial charge in [0, 0.05) is 6.42 Å². The third-order valence-electron chi connectivity index (χ3n) is 13.0. The smallest absolute Gasteiger partial charge is 0.306 e. The first-order valence-corrected chi connectivity index (χ1v) is 29.0. The third-order valence-corrected chi connectivity index (χ3v) is 13.0. The molecule has 11 nitrogen and oxygen atoms in total. The van der Waals surface area contributed by atoms with Gasteiger partial charge in [0.1, 0.15) is 24.4 Å². The Bertz CT molecular complexity index is 1550. The molecule has 0 saturated carbocycles. The van der Waals surface area contributed by atoms with Crippen LogP contribution in [-0.2, 0) is 23.8 Å². The van der Waals surface area contributed by atoms with Crippen LogP contribution in [0.25, 0.3) is 0 Å². The molecule has 418 valence electrons. The summed E-state index contributed by atoms with van der Waals surface area (Å²) in [5, 5.41) is 56.7. The summed E-state index contributed by atoms with van der Waals surface area (Å²) in [7, 11) is 0. The topological polar surface area (TPSA) is 175 Å². The summed E-state index contributed by atoms with van der Waals surface area (Å²) < 4.78 is 17.5. The Morgan fingerprint density at radius 2 is 0.986 bits per heavy atom. The fraction of sp³-hybridized carbons (Fsp3) is 0.710. The summed E-state index contributed by atoms with van der Waals surface area (Å²) in [5.41, 5.74) is 0. The first kappa shape index (κ1) is 67.6. The first-order chi connectivity index (χ1) is 35.7. The predicted molar refractivity (Wildman–Crippen MR) is 301 cm³/mol. The number of allylic oxidation sites excluding steroid dienone is 15. The zero-order chi connectivity index (χ0) is 53.3. The highest BCUT2D eigenvalue weighted by Gasteiger charge is 2.47. The second-order valence-electron chi connectivity index (χ2n) is 19.6. The third kappa shape index (κ3) is 37.9. The fourth-order valence-electron chi connectivity index (χ4n) is 8.35. The minimum absolute atomic E-state index is 0.0621. The van der Waals surface area contributed by atoms with E-state index in [2.05, 4.69) is 111 Å². The van der Waals surface area contributed by atoms with E-state index in [-0.39, 0.29) is 19.4 Å². The normalized spacial score (nSPS) is 20.1. The van der Waals surface area contributed by atoms with Crippen molar-refractivity contribution < 1.29 is 49.3 Å². The second kappa shape index (κ2) is 49.5. The van der Waals surface area contributed by atoms with Gasteiger partial charge >= 0.3 is 5.97 Å². The Morgan fingerprint density at radius 3 is 1.49 bits per heavy atom. The van der Waals surface area contributed by atoms with Crippen LogP contribution < -0.4 is 5.32 Å². The zero-order valence-electron chi connectivity index (χ0n) is 46.0. The Kier molecular flexibility index (Phi) is 45.8. The Hall–Kier alpha value is -3.42. The van der Waals surface area contributed by atoms with Crippen molar-refractivity contribution in [2.75, 3.05) is 13.2 Å². The van der Waals surface area contributed by atoms with E-state index in [0.717, 1.165) is 96.3 Å². The molecule has 1 heterocycles. The molecular weight excluding hydrogens is 919 g/mol. The number of aliphatic hydroxyl groups is 5. The van der Waals surface area contributed by atoms with Gasteiger partial charge in [-0.15, -0.1) is 0 Å². The van der Waals surface area contributed by atoms with E-state index in [4.69, 9.17) is 14.2 Å². The lowest BCUT2D eigenvalue weighted by Crippen LogP contribution is -2.61. The van der Waals surface area contributed by atoms with Crippen LogP contribution in [0.2, 0.25) is 0 Å². The molecule has 73 heavy (non-hydrogen) atoms. The summed E-state index contributed by atoms with van der Waals surface area (Å²) in [4.78, 5) is 26.4. The standard InChI is InChI=1S/C62H105NO10/c1-4-7-10-13-16-19-22-24-25-26-27-28-29-30-31-32-35-38-41-44-47-50-57(67)73-60-59(69)58(68)56(51-64)72-62(60)71-52-53(54(65)48-45-42-39-36-33-21-18-15-12-9-6-3)63-61(70)55(66)49-46-43-40-37-34-23-20-17-14-11-8-5-2/h7,10,16,19,24-25,27-28,30-31,34-35,37-38,45,48,53-56,58-60,62,64-66,68-69H,4-6,8-9,11-15,17-18,20-23,26,29,32-33,36,39-44,46-47,49-52H2,1-3H3,(H,63,70)/b10-7-,19-16-,25-24-,28-27-,31-30-,37-34-,38-35-,48-45+. The average Bonchev–Trinajstić information content (AvgIpc) is 3.39. The summed E-state index contributed by atoms with van der Waals surface area (Å²) in [6, 6.07) is -1.04. The Labute approximate surface area is 444 Å².